The molecule has 19 heavy (non-hydrogen) atoms. The number of nitrogens with zero attached hydrogens (tertiary/aromatic N) is 2. The lowest BCUT2D eigenvalue weighted by Crippen LogP contribution is -2.28. The number of carbonyl (C=O) groups is 1. The quantitative estimate of drug-likeness (QED) is 0.801. The van der Waals surface area contributed by atoms with Crippen molar-refractivity contribution in [3.8, 4) is 0 Å². The highest BCUT2D eigenvalue weighted by Crippen LogP contribution is 2.22. The minimum atomic E-state index is -0.344. The number of hydrogen-bond donors (Lipinski definition) is 2. The predicted octanol–water partition coefficient (Wildman–Crippen LogP) is 1.89. The molecule has 7 heteroatoms. The minimum Gasteiger partial charge on any atom is -0.369 e. The molecule has 0 fully saturated rings. The second-order valence-corrected chi connectivity index (χ2v) is 5.32. The van der Waals surface area contributed by atoms with E-state index >= 15 is 0 Å². The zero-order valence-electron chi connectivity index (χ0n) is 10.4. The van der Waals surface area contributed by atoms with Gasteiger partial charge in [0.25, 0.3) is 0 Å². The highest BCUT2D eigenvalue weighted by atomic mass is 127. The van der Waals surface area contributed by atoms with Crippen LogP contribution in [-0.4, -0.2) is 22.0 Å². The molecule has 0 saturated heterocycles. The summed E-state index contributed by atoms with van der Waals surface area (Å²) in [5, 5.41) is 2.75. The lowest BCUT2D eigenvalue weighted by Gasteiger charge is -2.07. The average molecular weight is 376 g/mol. The summed E-state index contributed by atoms with van der Waals surface area (Å²) in [5.74, 6) is -0.293. The number of fused-ring (bicyclic) bond motifs is 1. The van der Waals surface area contributed by atoms with E-state index in [1.54, 1.807) is 6.07 Å². The Morgan fingerprint density at radius 2 is 2.32 bits per heavy atom. The standard InChI is InChI=1S/C12H14FIN4O/c1-2-3-16-11(19)6-18-10-4-7(13)8(14)5-9(10)17-12(18)15/h4-5H,2-3,6H2,1H3,(H2,15,17)(H,16,19). The third-order valence-electron chi connectivity index (χ3n) is 2.69. The zero-order valence-corrected chi connectivity index (χ0v) is 12.6. The van der Waals surface area contributed by atoms with Gasteiger partial charge in [-0.05, 0) is 35.1 Å². The number of aromatic nitrogens is 2. The van der Waals surface area contributed by atoms with Crippen molar-refractivity contribution in [2.24, 2.45) is 0 Å². The summed E-state index contributed by atoms with van der Waals surface area (Å²) in [6, 6.07) is 2.97. The summed E-state index contributed by atoms with van der Waals surface area (Å²) in [7, 11) is 0. The molecule has 0 spiro atoms. The lowest BCUT2D eigenvalue weighted by atomic mass is 10.3. The van der Waals surface area contributed by atoms with Gasteiger partial charge in [-0.2, -0.15) is 0 Å². The van der Waals surface area contributed by atoms with Gasteiger partial charge in [0.05, 0.1) is 14.6 Å². The van der Waals surface area contributed by atoms with Crippen molar-refractivity contribution in [1.29, 1.82) is 0 Å². The maximum absolute atomic E-state index is 13.6. The topological polar surface area (TPSA) is 72.9 Å². The third-order valence-corrected chi connectivity index (χ3v) is 3.52. The van der Waals surface area contributed by atoms with Gasteiger partial charge in [0.2, 0.25) is 11.9 Å². The molecule has 2 aromatic rings. The first-order chi connectivity index (χ1) is 9.02. The van der Waals surface area contributed by atoms with Crippen molar-refractivity contribution in [3.63, 3.8) is 0 Å². The SMILES string of the molecule is CCCNC(=O)Cn1c(N)nc2cc(I)c(F)cc21. The Bertz CT molecular complexity index is 626. The maximum Gasteiger partial charge on any atom is 0.240 e. The summed E-state index contributed by atoms with van der Waals surface area (Å²) in [6.07, 6.45) is 0.860. The summed E-state index contributed by atoms with van der Waals surface area (Å²) in [5.41, 5.74) is 6.90. The summed E-state index contributed by atoms with van der Waals surface area (Å²) in [6.45, 7) is 2.62. The van der Waals surface area contributed by atoms with Crippen molar-refractivity contribution >= 4 is 45.5 Å². The van der Waals surface area contributed by atoms with Gasteiger partial charge in [0, 0.05) is 12.6 Å². The van der Waals surface area contributed by atoms with Crippen molar-refractivity contribution in [2.45, 2.75) is 19.9 Å². The molecule has 0 saturated carbocycles. The number of anilines is 1. The van der Waals surface area contributed by atoms with Crippen LogP contribution in [0.25, 0.3) is 11.0 Å². The highest BCUT2D eigenvalue weighted by molar-refractivity contribution is 14.1. The molecule has 5 nitrogen and oxygen atoms in total. The molecule has 1 aromatic heterocycles. The monoisotopic (exact) mass is 376 g/mol. The first-order valence-corrected chi connectivity index (χ1v) is 6.98. The molecular formula is C12H14FIN4O. The summed E-state index contributed by atoms with van der Waals surface area (Å²) >= 11 is 1.89. The van der Waals surface area contributed by atoms with Crippen LogP contribution in [0.3, 0.4) is 0 Å². The van der Waals surface area contributed by atoms with Crippen LogP contribution in [0.4, 0.5) is 10.3 Å². The number of nitrogens with two attached hydrogens (primary N) is 1. The van der Waals surface area contributed by atoms with Gasteiger partial charge in [-0.25, -0.2) is 9.37 Å². The smallest absolute Gasteiger partial charge is 0.240 e. The molecule has 1 amide bonds. The number of halogens is 2. The second-order valence-electron chi connectivity index (χ2n) is 4.16. The number of nitrogen functional groups attached to an aromatic ring is 1. The van der Waals surface area contributed by atoms with Gasteiger partial charge in [-0.15, -0.1) is 0 Å². The highest BCUT2D eigenvalue weighted by Gasteiger charge is 2.13. The fraction of sp³-hybridized carbons (Fsp3) is 0.333. The Morgan fingerprint density at radius 3 is 3.00 bits per heavy atom. The number of carbonyl (C=O) groups excluding carboxylic acids is 1. The number of hydrogen-bond acceptors (Lipinski definition) is 3. The van der Waals surface area contributed by atoms with Gasteiger partial charge in [0.1, 0.15) is 12.4 Å². The Morgan fingerprint density at radius 1 is 1.58 bits per heavy atom. The number of benzene rings is 1. The predicted molar refractivity (Wildman–Crippen MR) is 80.1 cm³/mol. The fourth-order valence-electron chi connectivity index (χ4n) is 1.77. The molecule has 0 aliphatic carbocycles. The van der Waals surface area contributed by atoms with E-state index in [1.807, 2.05) is 29.5 Å². The minimum absolute atomic E-state index is 0.0440. The Kier molecular flexibility index (Phi) is 4.23. The first kappa shape index (κ1) is 14.0. The Hall–Kier alpha value is -1.38. The molecule has 0 atom stereocenters. The average Bonchev–Trinajstić information content (AvgIpc) is 2.64. The van der Waals surface area contributed by atoms with Gasteiger partial charge in [0.15, 0.2) is 0 Å². The Labute approximate surface area is 123 Å². The number of nitrogens with one attached hydrogen (secondary N) is 1. The van der Waals surface area contributed by atoms with Crippen LogP contribution in [0.1, 0.15) is 13.3 Å². The van der Waals surface area contributed by atoms with E-state index in [0.717, 1.165) is 6.42 Å². The number of imidazole rings is 1. The largest absolute Gasteiger partial charge is 0.369 e. The van der Waals surface area contributed by atoms with Crippen LogP contribution in [0.2, 0.25) is 0 Å². The molecule has 0 aliphatic heterocycles. The molecule has 0 radical (unpaired) electrons. The maximum atomic E-state index is 13.6. The molecule has 1 aromatic carbocycles. The third kappa shape index (κ3) is 2.96. The molecule has 2 rings (SSSR count). The van der Waals surface area contributed by atoms with Crippen LogP contribution in [0, 0.1) is 9.39 Å². The fourth-order valence-corrected chi connectivity index (χ4v) is 2.22. The molecule has 0 unspecified atom stereocenters. The molecule has 102 valence electrons. The normalized spacial score (nSPS) is 10.9. The van der Waals surface area contributed by atoms with E-state index in [0.29, 0.717) is 21.1 Å². The summed E-state index contributed by atoms with van der Waals surface area (Å²) < 4.78 is 15.6. The van der Waals surface area contributed by atoms with E-state index in [4.69, 9.17) is 5.73 Å². The van der Waals surface area contributed by atoms with Crippen molar-refractivity contribution in [3.05, 3.63) is 21.5 Å². The van der Waals surface area contributed by atoms with Crippen LogP contribution in [-0.2, 0) is 11.3 Å². The second kappa shape index (κ2) is 5.72. The van der Waals surface area contributed by atoms with Gasteiger partial charge >= 0.3 is 0 Å². The van der Waals surface area contributed by atoms with Crippen LogP contribution in [0.15, 0.2) is 12.1 Å². The van der Waals surface area contributed by atoms with Crippen molar-refractivity contribution in [2.75, 3.05) is 12.3 Å². The van der Waals surface area contributed by atoms with Crippen LogP contribution < -0.4 is 11.1 Å². The van der Waals surface area contributed by atoms with Gasteiger partial charge in [-0.1, -0.05) is 6.92 Å². The van der Waals surface area contributed by atoms with E-state index in [-0.39, 0.29) is 24.2 Å². The number of rotatable bonds is 4. The van der Waals surface area contributed by atoms with E-state index < -0.39 is 0 Å². The lowest BCUT2D eigenvalue weighted by molar-refractivity contribution is -0.121. The summed E-state index contributed by atoms with van der Waals surface area (Å²) in [4.78, 5) is 15.8. The van der Waals surface area contributed by atoms with E-state index in [2.05, 4.69) is 10.3 Å². The molecule has 3 N–H and O–H groups in total. The Balaban J connectivity index is 2.34. The molecule has 0 aliphatic rings. The van der Waals surface area contributed by atoms with Gasteiger partial charge < -0.3 is 15.6 Å². The zero-order chi connectivity index (χ0) is 14.0. The van der Waals surface area contributed by atoms with Crippen LogP contribution in [0.5, 0.6) is 0 Å². The first-order valence-electron chi connectivity index (χ1n) is 5.90. The number of amides is 1. The molecule has 0 bridgehead atoms. The van der Waals surface area contributed by atoms with Gasteiger partial charge in [-0.3, -0.25) is 4.79 Å². The van der Waals surface area contributed by atoms with Crippen LogP contribution >= 0.6 is 22.6 Å². The van der Waals surface area contributed by atoms with E-state index in [1.165, 1.54) is 10.6 Å². The molecular weight excluding hydrogens is 362 g/mol. The molecule has 1 heterocycles. The van der Waals surface area contributed by atoms with E-state index in [9.17, 15) is 9.18 Å². The van der Waals surface area contributed by atoms with Crippen molar-refractivity contribution in [1.82, 2.24) is 14.9 Å². The van der Waals surface area contributed by atoms with Crippen molar-refractivity contribution < 1.29 is 9.18 Å².